The zero-order valence-corrected chi connectivity index (χ0v) is 12.5. The van der Waals surface area contributed by atoms with Gasteiger partial charge in [-0.3, -0.25) is 10.1 Å². The molecule has 1 aliphatic carbocycles. The maximum Gasteiger partial charge on any atom is 0.241 e. The standard InChI is InChI=1S/C15H28N2O/c1-10(2)9-12-14(18)17(11(3)16-12)13-7-6-8-15(13,4)5/h10-13,16H,6-9H2,1-5H3. The molecule has 2 aliphatic rings. The molecule has 0 aromatic heterocycles. The summed E-state index contributed by atoms with van der Waals surface area (Å²) in [5.41, 5.74) is 0.276. The minimum absolute atomic E-state index is 0.0383. The zero-order chi connectivity index (χ0) is 13.5. The summed E-state index contributed by atoms with van der Waals surface area (Å²) in [4.78, 5) is 14.7. The third-order valence-electron chi connectivity index (χ3n) is 4.66. The highest BCUT2D eigenvalue weighted by Gasteiger charge is 2.47. The van der Waals surface area contributed by atoms with E-state index in [9.17, 15) is 4.79 Å². The molecule has 3 unspecified atom stereocenters. The van der Waals surface area contributed by atoms with Crippen LogP contribution in [0.2, 0.25) is 0 Å². The first-order valence-electron chi connectivity index (χ1n) is 7.41. The molecular formula is C15H28N2O. The second kappa shape index (κ2) is 4.84. The fourth-order valence-corrected chi connectivity index (χ4v) is 3.70. The van der Waals surface area contributed by atoms with E-state index in [1.807, 2.05) is 0 Å². The Labute approximate surface area is 111 Å². The molecule has 2 rings (SSSR count). The lowest BCUT2D eigenvalue weighted by Crippen LogP contribution is -2.47. The molecule has 0 aromatic rings. The number of hydrogen-bond acceptors (Lipinski definition) is 2. The minimum Gasteiger partial charge on any atom is -0.323 e. The molecule has 0 bridgehead atoms. The lowest BCUT2D eigenvalue weighted by Gasteiger charge is -2.37. The Hall–Kier alpha value is -0.570. The Morgan fingerprint density at radius 1 is 1.44 bits per heavy atom. The van der Waals surface area contributed by atoms with Gasteiger partial charge in [-0.1, -0.05) is 34.1 Å². The van der Waals surface area contributed by atoms with Gasteiger partial charge in [0.25, 0.3) is 0 Å². The molecule has 0 spiro atoms. The second-order valence-electron chi connectivity index (χ2n) is 7.17. The summed E-state index contributed by atoms with van der Waals surface area (Å²) in [7, 11) is 0. The van der Waals surface area contributed by atoms with Gasteiger partial charge >= 0.3 is 0 Å². The first-order valence-corrected chi connectivity index (χ1v) is 7.41. The van der Waals surface area contributed by atoms with E-state index in [-0.39, 0.29) is 17.6 Å². The first kappa shape index (κ1) is 13.9. The quantitative estimate of drug-likeness (QED) is 0.837. The van der Waals surface area contributed by atoms with Gasteiger partial charge in [0.15, 0.2) is 0 Å². The molecule has 1 saturated heterocycles. The van der Waals surface area contributed by atoms with Gasteiger partial charge in [-0.2, -0.15) is 0 Å². The number of nitrogens with one attached hydrogen (secondary N) is 1. The van der Waals surface area contributed by atoms with Crippen LogP contribution in [0.5, 0.6) is 0 Å². The molecule has 1 N–H and O–H groups in total. The van der Waals surface area contributed by atoms with Crippen molar-refractivity contribution in [2.24, 2.45) is 11.3 Å². The van der Waals surface area contributed by atoms with Crippen LogP contribution in [0.4, 0.5) is 0 Å². The summed E-state index contributed by atoms with van der Waals surface area (Å²) in [6, 6.07) is 0.459. The number of rotatable bonds is 3. The van der Waals surface area contributed by atoms with E-state index in [1.165, 1.54) is 19.3 Å². The summed E-state index contributed by atoms with van der Waals surface area (Å²) in [5, 5.41) is 3.48. The normalized spacial score (nSPS) is 35.8. The van der Waals surface area contributed by atoms with Gasteiger partial charge < -0.3 is 4.90 Å². The maximum atomic E-state index is 12.6. The van der Waals surface area contributed by atoms with Crippen molar-refractivity contribution < 1.29 is 4.79 Å². The molecule has 1 aliphatic heterocycles. The van der Waals surface area contributed by atoms with Gasteiger partial charge in [-0.15, -0.1) is 0 Å². The predicted octanol–water partition coefficient (Wildman–Crippen LogP) is 2.76. The molecule has 1 amide bonds. The van der Waals surface area contributed by atoms with Crippen LogP contribution in [0.1, 0.15) is 60.3 Å². The van der Waals surface area contributed by atoms with Crippen LogP contribution in [-0.2, 0) is 4.79 Å². The number of carbonyl (C=O) groups is 1. The van der Waals surface area contributed by atoms with Gasteiger partial charge in [-0.05, 0) is 37.5 Å². The SMILES string of the molecule is CC(C)CC1NC(C)N(C2CCCC2(C)C)C1=O. The summed E-state index contributed by atoms with van der Waals surface area (Å²) in [5.74, 6) is 0.895. The van der Waals surface area contributed by atoms with Crippen molar-refractivity contribution in [3.8, 4) is 0 Å². The maximum absolute atomic E-state index is 12.6. The van der Waals surface area contributed by atoms with Crippen LogP contribution in [-0.4, -0.2) is 29.1 Å². The highest BCUT2D eigenvalue weighted by atomic mass is 16.2. The molecule has 1 saturated carbocycles. The molecular weight excluding hydrogens is 224 g/mol. The fourth-order valence-electron chi connectivity index (χ4n) is 3.70. The van der Waals surface area contributed by atoms with Crippen LogP contribution in [0, 0.1) is 11.3 Å². The monoisotopic (exact) mass is 252 g/mol. The summed E-state index contributed by atoms with van der Waals surface area (Å²) >= 11 is 0. The Morgan fingerprint density at radius 3 is 2.61 bits per heavy atom. The fraction of sp³-hybridized carbons (Fsp3) is 0.933. The molecule has 2 fully saturated rings. The van der Waals surface area contributed by atoms with Crippen molar-refractivity contribution in [2.75, 3.05) is 0 Å². The molecule has 1 heterocycles. The number of amides is 1. The number of nitrogens with zero attached hydrogens (tertiary/aromatic N) is 1. The molecule has 3 heteroatoms. The van der Waals surface area contributed by atoms with Crippen molar-refractivity contribution in [2.45, 2.75) is 78.6 Å². The topological polar surface area (TPSA) is 32.3 Å². The van der Waals surface area contributed by atoms with E-state index < -0.39 is 0 Å². The highest BCUT2D eigenvalue weighted by molar-refractivity contribution is 5.84. The number of hydrogen-bond donors (Lipinski definition) is 1. The molecule has 0 aromatic carbocycles. The highest BCUT2D eigenvalue weighted by Crippen LogP contribution is 2.42. The zero-order valence-electron chi connectivity index (χ0n) is 12.5. The minimum atomic E-state index is 0.0383. The van der Waals surface area contributed by atoms with E-state index >= 15 is 0 Å². The van der Waals surface area contributed by atoms with Crippen molar-refractivity contribution >= 4 is 5.91 Å². The number of carbonyl (C=O) groups excluding carboxylic acids is 1. The smallest absolute Gasteiger partial charge is 0.241 e. The molecule has 0 radical (unpaired) electrons. The Morgan fingerprint density at radius 2 is 2.11 bits per heavy atom. The van der Waals surface area contributed by atoms with Crippen LogP contribution in [0.15, 0.2) is 0 Å². The summed E-state index contributed by atoms with van der Waals surface area (Å²) in [6.45, 7) is 11.1. The van der Waals surface area contributed by atoms with E-state index in [4.69, 9.17) is 0 Å². The van der Waals surface area contributed by atoms with E-state index in [0.29, 0.717) is 17.9 Å². The second-order valence-corrected chi connectivity index (χ2v) is 7.17. The van der Waals surface area contributed by atoms with Crippen LogP contribution in [0.25, 0.3) is 0 Å². The van der Waals surface area contributed by atoms with Crippen LogP contribution < -0.4 is 5.32 Å². The van der Waals surface area contributed by atoms with Crippen molar-refractivity contribution in [3.05, 3.63) is 0 Å². The van der Waals surface area contributed by atoms with Crippen molar-refractivity contribution in [1.82, 2.24) is 10.2 Å². The van der Waals surface area contributed by atoms with E-state index in [1.54, 1.807) is 0 Å². The van der Waals surface area contributed by atoms with Gasteiger partial charge in [0.05, 0.1) is 12.2 Å². The average Bonchev–Trinajstić information content (AvgIpc) is 2.68. The molecule has 104 valence electrons. The van der Waals surface area contributed by atoms with Gasteiger partial charge in [0.1, 0.15) is 0 Å². The summed E-state index contributed by atoms with van der Waals surface area (Å²) in [6.07, 6.45) is 4.81. The van der Waals surface area contributed by atoms with E-state index in [0.717, 1.165) is 6.42 Å². The van der Waals surface area contributed by atoms with Crippen molar-refractivity contribution in [1.29, 1.82) is 0 Å². The lowest BCUT2D eigenvalue weighted by atomic mass is 9.86. The third kappa shape index (κ3) is 2.42. The van der Waals surface area contributed by atoms with Crippen LogP contribution in [0.3, 0.4) is 0 Å². The van der Waals surface area contributed by atoms with E-state index in [2.05, 4.69) is 44.8 Å². The lowest BCUT2D eigenvalue weighted by molar-refractivity contribution is -0.134. The predicted molar refractivity (Wildman–Crippen MR) is 74.1 cm³/mol. The van der Waals surface area contributed by atoms with Gasteiger partial charge in [0, 0.05) is 6.04 Å². The Balaban J connectivity index is 2.12. The molecule has 3 nitrogen and oxygen atoms in total. The van der Waals surface area contributed by atoms with Crippen LogP contribution >= 0.6 is 0 Å². The van der Waals surface area contributed by atoms with Gasteiger partial charge in [-0.25, -0.2) is 0 Å². The Bertz CT molecular complexity index is 324. The molecule has 18 heavy (non-hydrogen) atoms. The van der Waals surface area contributed by atoms with Gasteiger partial charge in [0.2, 0.25) is 5.91 Å². The molecule has 3 atom stereocenters. The first-order chi connectivity index (χ1) is 8.33. The largest absolute Gasteiger partial charge is 0.323 e. The summed E-state index contributed by atoms with van der Waals surface area (Å²) < 4.78 is 0. The Kier molecular flexibility index (Phi) is 3.72. The van der Waals surface area contributed by atoms with Crippen molar-refractivity contribution in [3.63, 3.8) is 0 Å². The third-order valence-corrected chi connectivity index (χ3v) is 4.66. The average molecular weight is 252 g/mol.